The molecule has 3 atom stereocenters. The predicted octanol–water partition coefficient (Wildman–Crippen LogP) is 3.74. The third-order valence-corrected chi connectivity index (χ3v) is 4.60. The number of hydrogen-bond acceptors (Lipinski definition) is 2. The topological polar surface area (TPSA) is 34.1 Å². The average Bonchev–Trinajstić information content (AvgIpc) is 2.36. The summed E-state index contributed by atoms with van der Waals surface area (Å²) in [6.07, 6.45) is 2.12. The molecule has 2 aliphatic carbocycles. The first-order chi connectivity index (χ1) is 8.58. The number of carbonyl (C=O) groups excluding carboxylic acids is 2. The van der Waals surface area contributed by atoms with Crippen molar-refractivity contribution in [3.05, 3.63) is 34.3 Å². The number of hydrogen-bond donors (Lipinski definition) is 0. The molecule has 0 aromatic heterocycles. The first kappa shape index (κ1) is 12.2. The molecule has 0 bridgehead atoms. The number of Topliss-reactive ketones (excluding diaryl/α,β-unsaturated/α-hetero) is 2. The molecular formula is C14H12Cl2O2. The van der Waals surface area contributed by atoms with Gasteiger partial charge >= 0.3 is 0 Å². The van der Waals surface area contributed by atoms with Crippen LogP contribution < -0.4 is 0 Å². The molecule has 2 nitrogen and oxygen atoms in total. The zero-order valence-corrected chi connectivity index (χ0v) is 11.2. The summed E-state index contributed by atoms with van der Waals surface area (Å²) in [6.45, 7) is 0. The van der Waals surface area contributed by atoms with Crippen molar-refractivity contribution in [2.75, 3.05) is 0 Å². The SMILES string of the molecule is O=C1c2cc(Cl)ccc2C(=O)C2CC(Cl)CCC12. The molecular weight excluding hydrogens is 271 g/mol. The van der Waals surface area contributed by atoms with Crippen LogP contribution in [0.5, 0.6) is 0 Å². The molecule has 1 fully saturated rings. The lowest BCUT2D eigenvalue weighted by molar-refractivity contribution is 0.0679. The minimum Gasteiger partial charge on any atom is -0.294 e. The van der Waals surface area contributed by atoms with E-state index in [1.807, 2.05) is 0 Å². The van der Waals surface area contributed by atoms with Gasteiger partial charge in [0.2, 0.25) is 0 Å². The highest BCUT2D eigenvalue weighted by molar-refractivity contribution is 6.31. The predicted molar refractivity (Wildman–Crippen MR) is 70.6 cm³/mol. The van der Waals surface area contributed by atoms with Crippen molar-refractivity contribution in [3.63, 3.8) is 0 Å². The summed E-state index contributed by atoms with van der Waals surface area (Å²) in [6, 6.07) is 4.93. The molecule has 94 valence electrons. The quantitative estimate of drug-likeness (QED) is 0.680. The highest BCUT2D eigenvalue weighted by atomic mass is 35.5. The van der Waals surface area contributed by atoms with Crippen LogP contribution in [0.1, 0.15) is 40.0 Å². The Bertz CT molecular complexity index is 539. The second-order valence-corrected chi connectivity index (χ2v) is 6.10. The van der Waals surface area contributed by atoms with Gasteiger partial charge in [-0.15, -0.1) is 11.6 Å². The van der Waals surface area contributed by atoms with Gasteiger partial charge in [0.1, 0.15) is 0 Å². The van der Waals surface area contributed by atoms with E-state index in [-0.39, 0.29) is 28.8 Å². The molecule has 0 radical (unpaired) electrons. The van der Waals surface area contributed by atoms with E-state index in [0.717, 1.165) is 6.42 Å². The third-order valence-electron chi connectivity index (χ3n) is 3.97. The van der Waals surface area contributed by atoms with Gasteiger partial charge in [-0.25, -0.2) is 0 Å². The Hall–Kier alpha value is -0.860. The van der Waals surface area contributed by atoms with Gasteiger partial charge in [0, 0.05) is 33.4 Å². The second kappa shape index (κ2) is 4.36. The van der Waals surface area contributed by atoms with Crippen LogP contribution >= 0.6 is 23.2 Å². The van der Waals surface area contributed by atoms with Crippen LogP contribution in [0.3, 0.4) is 0 Å². The minimum absolute atomic E-state index is 0.0110. The van der Waals surface area contributed by atoms with Gasteiger partial charge in [-0.2, -0.15) is 0 Å². The smallest absolute Gasteiger partial charge is 0.167 e. The van der Waals surface area contributed by atoms with Crippen LogP contribution in [0.25, 0.3) is 0 Å². The van der Waals surface area contributed by atoms with Crippen LogP contribution in [0.4, 0.5) is 0 Å². The van der Waals surface area contributed by atoms with Gasteiger partial charge < -0.3 is 0 Å². The summed E-state index contributed by atoms with van der Waals surface area (Å²) in [5.41, 5.74) is 0.998. The Labute approximate surface area is 115 Å². The molecule has 1 aromatic rings. The van der Waals surface area contributed by atoms with E-state index in [2.05, 4.69) is 0 Å². The summed E-state index contributed by atoms with van der Waals surface area (Å²) < 4.78 is 0. The molecule has 1 aromatic carbocycles. The van der Waals surface area contributed by atoms with E-state index in [4.69, 9.17) is 23.2 Å². The molecule has 3 unspecified atom stereocenters. The van der Waals surface area contributed by atoms with Gasteiger partial charge in [0.25, 0.3) is 0 Å². The largest absolute Gasteiger partial charge is 0.294 e. The van der Waals surface area contributed by atoms with Crippen molar-refractivity contribution in [1.82, 2.24) is 0 Å². The highest BCUT2D eigenvalue weighted by Crippen LogP contribution is 2.41. The number of fused-ring (bicyclic) bond motifs is 2. The van der Waals surface area contributed by atoms with Gasteiger partial charge in [0.15, 0.2) is 11.6 Å². The monoisotopic (exact) mass is 282 g/mol. The van der Waals surface area contributed by atoms with Gasteiger partial charge in [-0.1, -0.05) is 11.6 Å². The number of alkyl halides is 1. The second-order valence-electron chi connectivity index (χ2n) is 5.04. The Kier molecular flexibility index (Phi) is 2.95. The molecule has 0 saturated heterocycles. The van der Waals surface area contributed by atoms with Crippen molar-refractivity contribution in [1.29, 1.82) is 0 Å². The van der Waals surface area contributed by atoms with Crippen LogP contribution in [0.15, 0.2) is 18.2 Å². The Balaban J connectivity index is 2.09. The van der Waals surface area contributed by atoms with Crippen LogP contribution in [-0.2, 0) is 0 Å². The van der Waals surface area contributed by atoms with Crippen LogP contribution in [-0.4, -0.2) is 16.9 Å². The first-order valence-electron chi connectivity index (χ1n) is 6.10. The van der Waals surface area contributed by atoms with Crippen molar-refractivity contribution in [2.24, 2.45) is 11.8 Å². The molecule has 4 heteroatoms. The first-order valence-corrected chi connectivity index (χ1v) is 6.91. The maximum atomic E-state index is 12.4. The number of halogens is 2. The molecule has 0 aliphatic heterocycles. The summed E-state index contributed by atoms with van der Waals surface area (Å²) in [7, 11) is 0. The zero-order valence-electron chi connectivity index (χ0n) is 9.66. The van der Waals surface area contributed by atoms with E-state index in [0.29, 0.717) is 29.0 Å². The van der Waals surface area contributed by atoms with E-state index in [9.17, 15) is 9.59 Å². The number of ketones is 2. The lowest BCUT2D eigenvalue weighted by atomic mass is 9.67. The Morgan fingerprint density at radius 2 is 1.72 bits per heavy atom. The van der Waals surface area contributed by atoms with Crippen molar-refractivity contribution >= 4 is 34.8 Å². The fraction of sp³-hybridized carbons (Fsp3) is 0.429. The van der Waals surface area contributed by atoms with E-state index in [1.165, 1.54) is 0 Å². The minimum atomic E-state index is -0.234. The van der Waals surface area contributed by atoms with Crippen molar-refractivity contribution < 1.29 is 9.59 Å². The average molecular weight is 283 g/mol. The fourth-order valence-corrected chi connectivity index (χ4v) is 3.55. The van der Waals surface area contributed by atoms with Gasteiger partial charge in [0.05, 0.1) is 0 Å². The normalized spacial score (nSPS) is 30.9. The van der Waals surface area contributed by atoms with Crippen LogP contribution in [0.2, 0.25) is 5.02 Å². The van der Waals surface area contributed by atoms with E-state index < -0.39 is 0 Å². The van der Waals surface area contributed by atoms with Crippen molar-refractivity contribution in [2.45, 2.75) is 24.6 Å². The number of benzene rings is 1. The van der Waals surface area contributed by atoms with Crippen LogP contribution in [0, 0.1) is 11.8 Å². The highest BCUT2D eigenvalue weighted by Gasteiger charge is 2.44. The molecule has 18 heavy (non-hydrogen) atoms. The maximum Gasteiger partial charge on any atom is 0.167 e. The summed E-state index contributed by atoms with van der Waals surface area (Å²) in [4.78, 5) is 24.8. The third kappa shape index (κ3) is 1.79. The van der Waals surface area contributed by atoms with Gasteiger partial charge in [-0.3, -0.25) is 9.59 Å². The Morgan fingerprint density at radius 1 is 1.00 bits per heavy atom. The summed E-state index contributed by atoms with van der Waals surface area (Å²) >= 11 is 12.0. The lowest BCUT2D eigenvalue weighted by Gasteiger charge is -2.36. The molecule has 0 spiro atoms. The Morgan fingerprint density at radius 3 is 2.50 bits per heavy atom. The number of rotatable bonds is 0. The van der Waals surface area contributed by atoms with Gasteiger partial charge in [-0.05, 0) is 37.5 Å². The molecule has 3 rings (SSSR count). The zero-order chi connectivity index (χ0) is 12.9. The molecule has 2 aliphatic rings. The van der Waals surface area contributed by atoms with Crippen molar-refractivity contribution in [3.8, 4) is 0 Å². The molecule has 0 heterocycles. The summed E-state index contributed by atoms with van der Waals surface area (Å²) in [5.74, 6) is -0.321. The fourth-order valence-electron chi connectivity index (χ4n) is 3.06. The summed E-state index contributed by atoms with van der Waals surface area (Å²) in [5, 5.41) is 0.510. The molecule has 0 amide bonds. The van der Waals surface area contributed by atoms with E-state index >= 15 is 0 Å². The molecule has 1 saturated carbocycles. The molecule has 0 N–H and O–H groups in total. The standard InChI is InChI=1S/C14H12Cl2O2/c15-7-1-3-9-11(5-7)14(18)10-4-2-8(16)6-12(10)13(9)17/h1,3,5,8,10,12H,2,4,6H2. The maximum absolute atomic E-state index is 12.4. The number of carbonyl (C=O) groups is 2. The van der Waals surface area contributed by atoms with E-state index in [1.54, 1.807) is 18.2 Å². The lowest BCUT2D eigenvalue weighted by Crippen LogP contribution is -2.40.